The highest BCUT2D eigenvalue weighted by Crippen LogP contribution is 2.15. The molecule has 0 amide bonds. The van der Waals surface area contributed by atoms with Crippen molar-refractivity contribution < 1.29 is 0 Å². The third-order valence-corrected chi connectivity index (χ3v) is 1.89. The Morgan fingerprint density at radius 1 is 1.50 bits per heavy atom. The Kier molecular flexibility index (Phi) is 1.74. The van der Waals surface area contributed by atoms with Crippen LogP contribution in [-0.2, 0) is 6.42 Å². The van der Waals surface area contributed by atoms with Gasteiger partial charge in [-0.2, -0.15) is 4.98 Å². The lowest BCUT2D eigenvalue weighted by molar-refractivity contribution is 0.820. The van der Waals surface area contributed by atoms with Crippen molar-refractivity contribution in [3.63, 3.8) is 0 Å². The monoisotopic (exact) mass is 163 g/mol. The Balaban J connectivity index is 2.59. The molecule has 0 saturated heterocycles. The average Bonchev–Trinajstić information content (AvgIpc) is 2.25. The van der Waals surface area contributed by atoms with Gasteiger partial charge in [0.2, 0.25) is 0 Å². The Morgan fingerprint density at radius 3 is 3.33 bits per heavy atom. The van der Waals surface area contributed by atoms with E-state index in [9.17, 15) is 4.79 Å². The molecule has 0 atom stereocenters. The van der Waals surface area contributed by atoms with Crippen molar-refractivity contribution in [1.82, 2.24) is 9.97 Å². The van der Waals surface area contributed by atoms with Gasteiger partial charge in [-0.25, -0.2) is 9.78 Å². The molecular weight excluding hydrogens is 154 g/mol. The smallest absolute Gasteiger partial charge is 0.368 e. The van der Waals surface area contributed by atoms with Gasteiger partial charge in [0.1, 0.15) is 5.82 Å². The highest BCUT2D eigenvalue weighted by molar-refractivity contribution is 5.44. The molecule has 0 saturated carbocycles. The van der Waals surface area contributed by atoms with Crippen LogP contribution in [0.4, 0.5) is 5.82 Å². The summed E-state index contributed by atoms with van der Waals surface area (Å²) in [6.45, 7) is 0.892. The first-order valence-electron chi connectivity index (χ1n) is 3.96. The van der Waals surface area contributed by atoms with Gasteiger partial charge in [0.05, 0.1) is 0 Å². The fourth-order valence-corrected chi connectivity index (χ4v) is 1.31. The second-order valence-electron chi connectivity index (χ2n) is 2.74. The zero-order valence-electron chi connectivity index (χ0n) is 6.58. The molecule has 0 fully saturated rings. The van der Waals surface area contributed by atoms with Crippen LogP contribution >= 0.6 is 0 Å². The standard InChI is InChI=1S/C8H9N3O/c12-8-10-5-3-6-2-1-4-9-7(6)11-8/h3,5H,1-2,4H2,(H,9,11,12). The minimum Gasteiger partial charge on any atom is -0.370 e. The Bertz CT molecular complexity index is 351. The van der Waals surface area contributed by atoms with E-state index in [1.807, 2.05) is 6.07 Å². The summed E-state index contributed by atoms with van der Waals surface area (Å²) in [5.41, 5.74) is 0.654. The molecule has 0 bridgehead atoms. The first-order valence-corrected chi connectivity index (χ1v) is 3.96. The van der Waals surface area contributed by atoms with Gasteiger partial charge in [-0.1, -0.05) is 0 Å². The Labute approximate surface area is 69.7 Å². The lowest BCUT2D eigenvalue weighted by Crippen LogP contribution is -2.15. The van der Waals surface area contributed by atoms with Crippen LogP contribution in [0.25, 0.3) is 0 Å². The first kappa shape index (κ1) is 7.21. The maximum Gasteiger partial charge on any atom is 0.368 e. The number of hydrogen-bond donors (Lipinski definition) is 1. The molecule has 1 aliphatic heterocycles. The number of rotatable bonds is 0. The van der Waals surface area contributed by atoms with Crippen molar-refractivity contribution >= 4 is 5.82 Å². The molecule has 0 aliphatic carbocycles. The Hall–Kier alpha value is -1.45. The fraction of sp³-hybridized carbons (Fsp3) is 0.375. The summed E-state index contributed by atoms with van der Waals surface area (Å²) >= 11 is 0. The number of nitrogens with zero attached hydrogens (tertiary/aromatic N) is 2. The number of fused-ring (bicyclic) bond motifs is 1. The molecule has 1 aliphatic rings. The molecule has 12 heavy (non-hydrogen) atoms. The summed E-state index contributed by atoms with van der Waals surface area (Å²) in [6, 6.07) is 1.84. The van der Waals surface area contributed by atoms with Gasteiger partial charge >= 0.3 is 5.69 Å². The third kappa shape index (κ3) is 1.28. The van der Waals surface area contributed by atoms with Crippen molar-refractivity contribution in [1.29, 1.82) is 0 Å². The van der Waals surface area contributed by atoms with Gasteiger partial charge in [0, 0.05) is 12.7 Å². The summed E-state index contributed by atoms with van der Waals surface area (Å²) in [5, 5.41) is 3.07. The molecule has 0 spiro atoms. The lowest BCUT2D eigenvalue weighted by Gasteiger charge is -2.12. The van der Waals surface area contributed by atoms with Crippen molar-refractivity contribution in [2.45, 2.75) is 12.8 Å². The topological polar surface area (TPSA) is 54.9 Å². The SMILES string of the molecule is O=c1nccc2c(n1)NCCC2. The summed E-state index contributed by atoms with van der Waals surface area (Å²) in [4.78, 5) is 18.3. The summed E-state index contributed by atoms with van der Waals surface area (Å²) in [7, 11) is 0. The van der Waals surface area contributed by atoms with E-state index < -0.39 is 5.69 Å². The number of aromatic nitrogens is 2. The van der Waals surface area contributed by atoms with Crippen LogP contribution in [0.15, 0.2) is 17.1 Å². The Morgan fingerprint density at radius 2 is 2.42 bits per heavy atom. The van der Waals surface area contributed by atoms with E-state index in [1.165, 1.54) is 6.20 Å². The van der Waals surface area contributed by atoms with Crippen LogP contribution < -0.4 is 11.0 Å². The van der Waals surface area contributed by atoms with Gasteiger partial charge in [0.25, 0.3) is 0 Å². The van der Waals surface area contributed by atoms with Crippen molar-refractivity contribution in [3.8, 4) is 0 Å². The maximum atomic E-state index is 10.9. The van der Waals surface area contributed by atoms with Gasteiger partial charge in [0.15, 0.2) is 0 Å². The molecule has 4 nitrogen and oxygen atoms in total. The van der Waals surface area contributed by atoms with Gasteiger partial charge in [-0.05, 0) is 24.5 Å². The average molecular weight is 163 g/mol. The van der Waals surface area contributed by atoms with E-state index in [0.29, 0.717) is 5.82 Å². The molecular formula is C8H9N3O. The van der Waals surface area contributed by atoms with Crippen molar-refractivity contribution in [2.24, 2.45) is 0 Å². The normalized spacial score (nSPS) is 14.7. The predicted molar refractivity (Wildman–Crippen MR) is 45.1 cm³/mol. The summed E-state index contributed by atoms with van der Waals surface area (Å²) < 4.78 is 0. The quantitative estimate of drug-likeness (QED) is 0.593. The zero-order chi connectivity index (χ0) is 8.39. The van der Waals surface area contributed by atoms with E-state index in [1.54, 1.807) is 0 Å². The molecule has 0 aromatic carbocycles. The van der Waals surface area contributed by atoms with Gasteiger partial charge in [-0.15, -0.1) is 0 Å². The molecule has 4 heteroatoms. The highest BCUT2D eigenvalue weighted by atomic mass is 16.1. The minimum atomic E-state index is -0.425. The largest absolute Gasteiger partial charge is 0.370 e. The van der Waals surface area contributed by atoms with Gasteiger partial charge in [-0.3, -0.25) is 0 Å². The van der Waals surface area contributed by atoms with Crippen LogP contribution in [-0.4, -0.2) is 16.5 Å². The number of hydrogen-bond acceptors (Lipinski definition) is 4. The molecule has 0 unspecified atom stereocenters. The van der Waals surface area contributed by atoms with Crippen molar-refractivity contribution in [2.75, 3.05) is 11.9 Å². The zero-order valence-corrected chi connectivity index (χ0v) is 6.58. The van der Waals surface area contributed by atoms with Crippen LogP contribution in [0.5, 0.6) is 0 Å². The molecule has 1 N–H and O–H groups in total. The van der Waals surface area contributed by atoms with E-state index in [2.05, 4.69) is 15.3 Å². The van der Waals surface area contributed by atoms with Crippen molar-refractivity contribution in [3.05, 3.63) is 28.3 Å². The molecule has 0 radical (unpaired) electrons. The summed E-state index contributed by atoms with van der Waals surface area (Å²) in [6.07, 6.45) is 3.58. The first-order chi connectivity index (χ1) is 5.86. The van der Waals surface area contributed by atoms with Crippen LogP contribution in [0.1, 0.15) is 12.0 Å². The van der Waals surface area contributed by atoms with E-state index in [0.717, 1.165) is 24.9 Å². The highest BCUT2D eigenvalue weighted by Gasteiger charge is 2.07. The van der Waals surface area contributed by atoms with E-state index in [4.69, 9.17) is 0 Å². The van der Waals surface area contributed by atoms with E-state index in [-0.39, 0.29) is 0 Å². The van der Waals surface area contributed by atoms with Crippen LogP contribution in [0, 0.1) is 0 Å². The second-order valence-corrected chi connectivity index (χ2v) is 2.74. The summed E-state index contributed by atoms with van der Waals surface area (Å²) in [5.74, 6) is 0.698. The molecule has 1 aromatic rings. The van der Waals surface area contributed by atoms with Crippen LogP contribution in [0.2, 0.25) is 0 Å². The van der Waals surface area contributed by atoms with Crippen LogP contribution in [0.3, 0.4) is 0 Å². The number of nitrogens with one attached hydrogen (secondary N) is 1. The number of anilines is 1. The molecule has 2 heterocycles. The second kappa shape index (κ2) is 2.89. The maximum absolute atomic E-state index is 10.9. The molecule has 2 rings (SSSR count). The van der Waals surface area contributed by atoms with Gasteiger partial charge < -0.3 is 5.32 Å². The van der Waals surface area contributed by atoms with E-state index >= 15 is 0 Å². The number of aryl methyl sites for hydroxylation is 1. The third-order valence-electron chi connectivity index (χ3n) is 1.89. The minimum absolute atomic E-state index is 0.425. The molecule has 62 valence electrons. The molecule has 1 aromatic heterocycles. The lowest BCUT2D eigenvalue weighted by atomic mass is 10.1. The predicted octanol–water partition coefficient (Wildman–Crippen LogP) is 0.195. The fourth-order valence-electron chi connectivity index (χ4n) is 1.31.